The van der Waals surface area contributed by atoms with Crippen molar-refractivity contribution >= 4 is 10.0 Å². The van der Waals surface area contributed by atoms with E-state index < -0.39 is 10.0 Å². The number of morpholine rings is 1. The Hall–Kier alpha value is -0.920. The molecule has 0 aromatic carbocycles. The van der Waals surface area contributed by atoms with E-state index in [-0.39, 0.29) is 10.6 Å². The fourth-order valence-corrected chi connectivity index (χ4v) is 4.64. The predicted octanol–water partition coefficient (Wildman–Crippen LogP) is 1.06. The highest BCUT2D eigenvalue weighted by Gasteiger charge is 2.43. The van der Waals surface area contributed by atoms with Gasteiger partial charge in [0.25, 0.3) is 10.0 Å². The molecule has 0 N–H and O–H groups in total. The van der Waals surface area contributed by atoms with Gasteiger partial charge >= 0.3 is 0 Å². The smallest absolute Gasteiger partial charge is 0.262 e. The van der Waals surface area contributed by atoms with E-state index in [0.29, 0.717) is 25.5 Å². The largest absolute Gasteiger partial charge is 0.372 e. The van der Waals surface area contributed by atoms with Gasteiger partial charge in [0, 0.05) is 26.3 Å². The molecule has 1 aromatic heterocycles. The van der Waals surface area contributed by atoms with Crippen molar-refractivity contribution in [1.29, 1.82) is 0 Å². The summed E-state index contributed by atoms with van der Waals surface area (Å²) in [6, 6.07) is 0. The van der Waals surface area contributed by atoms with E-state index in [9.17, 15) is 8.42 Å². The topological polar surface area (TPSA) is 64.4 Å². The number of rotatable bonds is 2. The predicted molar refractivity (Wildman–Crippen MR) is 73.9 cm³/mol. The Labute approximate surface area is 119 Å². The van der Waals surface area contributed by atoms with Crippen molar-refractivity contribution in [2.75, 3.05) is 19.7 Å². The zero-order valence-electron chi connectivity index (χ0n) is 12.0. The van der Waals surface area contributed by atoms with Gasteiger partial charge in [0.15, 0.2) is 5.03 Å². The molecule has 1 saturated heterocycles. The Balaban J connectivity index is 1.87. The quantitative estimate of drug-likeness (QED) is 0.819. The van der Waals surface area contributed by atoms with Crippen LogP contribution in [-0.2, 0) is 21.8 Å². The van der Waals surface area contributed by atoms with Gasteiger partial charge in [-0.2, -0.15) is 4.31 Å². The van der Waals surface area contributed by atoms with Crippen LogP contribution in [0.15, 0.2) is 11.2 Å². The highest BCUT2D eigenvalue weighted by Crippen LogP contribution is 2.37. The lowest BCUT2D eigenvalue weighted by Crippen LogP contribution is -2.52. The Morgan fingerprint density at radius 1 is 1.35 bits per heavy atom. The van der Waals surface area contributed by atoms with Crippen molar-refractivity contribution in [3.05, 3.63) is 12.0 Å². The monoisotopic (exact) mass is 299 g/mol. The highest BCUT2D eigenvalue weighted by atomic mass is 32.2. The van der Waals surface area contributed by atoms with Crippen LogP contribution < -0.4 is 0 Å². The zero-order valence-corrected chi connectivity index (χ0v) is 12.8. The number of nitrogens with zero attached hydrogens (tertiary/aromatic N) is 3. The summed E-state index contributed by atoms with van der Waals surface area (Å²) >= 11 is 0. The standard InChI is InChI=1S/C13H21N3O3S/c1-11-14-12(9-15(11)2)20(17,18)16-7-8-19-13(10-16)5-3-4-6-13/h9H,3-8,10H2,1-2H3. The van der Waals surface area contributed by atoms with E-state index in [2.05, 4.69) is 4.98 Å². The lowest BCUT2D eigenvalue weighted by Gasteiger charge is -2.39. The summed E-state index contributed by atoms with van der Waals surface area (Å²) in [6.07, 6.45) is 5.75. The minimum Gasteiger partial charge on any atom is -0.372 e. The SMILES string of the molecule is Cc1nc(S(=O)(=O)N2CCOC3(CCCC3)C2)cn1C. The maximum Gasteiger partial charge on any atom is 0.262 e. The molecule has 2 aliphatic rings. The summed E-state index contributed by atoms with van der Waals surface area (Å²) in [5, 5.41) is 0.146. The molecule has 7 heteroatoms. The van der Waals surface area contributed by atoms with Crippen molar-refractivity contribution in [2.24, 2.45) is 7.05 Å². The van der Waals surface area contributed by atoms with Gasteiger partial charge in [0.05, 0.1) is 12.2 Å². The van der Waals surface area contributed by atoms with Crippen LogP contribution in [0.25, 0.3) is 0 Å². The second-order valence-electron chi connectivity index (χ2n) is 5.81. The fraction of sp³-hybridized carbons (Fsp3) is 0.769. The molecule has 0 bridgehead atoms. The first kappa shape index (κ1) is 14.0. The molecule has 112 valence electrons. The molecule has 1 saturated carbocycles. The van der Waals surface area contributed by atoms with Gasteiger partial charge in [-0.25, -0.2) is 13.4 Å². The van der Waals surface area contributed by atoms with Gasteiger partial charge in [-0.15, -0.1) is 0 Å². The van der Waals surface area contributed by atoms with Crippen molar-refractivity contribution in [1.82, 2.24) is 13.9 Å². The van der Waals surface area contributed by atoms with Crippen LogP contribution in [0.4, 0.5) is 0 Å². The fourth-order valence-electron chi connectivity index (χ4n) is 3.12. The number of aryl methyl sites for hydroxylation is 2. The molecular weight excluding hydrogens is 278 g/mol. The molecule has 6 nitrogen and oxygen atoms in total. The third-order valence-electron chi connectivity index (χ3n) is 4.42. The minimum atomic E-state index is -3.51. The Kier molecular flexibility index (Phi) is 3.38. The molecule has 1 aromatic rings. The first-order valence-corrected chi connectivity index (χ1v) is 8.51. The van der Waals surface area contributed by atoms with Crippen molar-refractivity contribution in [2.45, 2.75) is 43.2 Å². The van der Waals surface area contributed by atoms with Crippen LogP contribution in [0, 0.1) is 6.92 Å². The first-order chi connectivity index (χ1) is 9.43. The lowest BCUT2D eigenvalue weighted by molar-refractivity contribution is -0.0842. The Bertz CT molecular complexity index is 583. The molecule has 0 unspecified atom stereocenters. The van der Waals surface area contributed by atoms with Gasteiger partial charge < -0.3 is 9.30 Å². The summed E-state index contributed by atoms with van der Waals surface area (Å²) in [5.41, 5.74) is -0.255. The van der Waals surface area contributed by atoms with E-state index in [1.807, 2.05) is 0 Å². The third-order valence-corrected chi connectivity index (χ3v) is 6.14. The maximum absolute atomic E-state index is 12.7. The van der Waals surface area contributed by atoms with Crippen LogP contribution in [-0.4, -0.2) is 47.6 Å². The van der Waals surface area contributed by atoms with Crippen LogP contribution in [0.2, 0.25) is 0 Å². The van der Waals surface area contributed by atoms with E-state index in [0.717, 1.165) is 25.7 Å². The summed E-state index contributed by atoms with van der Waals surface area (Å²) in [6.45, 7) is 3.16. The lowest BCUT2D eigenvalue weighted by atomic mass is 10.0. The van der Waals surface area contributed by atoms with Crippen molar-refractivity contribution in [3.8, 4) is 0 Å². The molecule has 0 amide bonds. The van der Waals surface area contributed by atoms with E-state index in [1.165, 1.54) is 0 Å². The van der Waals surface area contributed by atoms with Gasteiger partial charge in [-0.3, -0.25) is 0 Å². The second-order valence-corrected chi connectivity index (χ2v) is 7.70. The summed E-state index contributed by atoms with van der Waals surface area (Å²) in [4.78, 5) is 4.16. The maximum atomic E-state index is 12.7. The van der Waals surface area contributed by atoms with Gasteiger partial charge in [-0.05, 0) is 19.8 Å². The molecule has 20 heavy (non-hydrogen) atoms. The Morgan fingerprint density at radius 3 is 2.65 bits per heavy atom. The number of ether oxygens (including phenoxy) is 1. The van der Waals surface area contributed by atoms with Crippen LogP contribution in [0.1, 0.15) is 31.5 Å². The first-order valence-electron chi connectivity index (χ1n) is 7.07. The molecule has 2 heterocycles. The van der Waals surface area contributed by atoms with Crippen LogP contribution >= 0.6 is 0 Å². The van der Waals surface area contributed by atoms with Gasteiger partial charge in [0.2, 0.25) is 0 Å². The number of sulfonamides is 1. The van der Waals surface area contributed by atoms with E-state index >= 15 is 0 Å². The third kappa shape index (κ3) is 2.27. The number of hydrogen-bond acceptors (Lipinski definition) is 4. The van der Waals surface area contributed by atoms with Gasteiger partial charge in [-0.1, -0.05) is 12.8 Å². The molecule has 0 atom stereocenters. The number of imidazole rings is 1. The molecule has 1 aliphatic carbocycles. The average molecular weight is 299 g/mol. The molecule has 3 rings (SSSR count). The molecule has 1 aliphatic heterocycles. The van der Waals surface area contributed by atoms with Crippen LogP contribution in [0.3, 0.4) is 0 Å². The van der Waals surface area contributed by atoms with Crippen LogP contribution in [0.5, 0.6) is 0 Å². The molecule has 2 fully saturated rings. The summed E-state index contributed by atoms with van der Waals surface area (Å²) in [7, 11) is -1.70. The van der Waals surface area contributed by atoms with E-state index in [4.69, 9.17) is 4.74 Å². The van der Waals surface area contributed by atoms with Crippen molar-refractivity contribution < 1.29 is 13.2 Å². The summed E-state index contributed by atoms with van der Waals surface area (Å²) in [5.74, 6) is 0.701. The molecule has 1 spiro atoms. The summed E-state index contributed by atoms with van der Waals surface area (Å²) < 4.78 is 34.5. The molecular formula is C13H21N3O3S. The highest BCUT2D eigenvalue weighted by molar-refractivity contribution is 7.89. The molecule has 0 radical (unpaired) electrons. The second kappa shape index (κ2) is 4.82. The number of aromatic nitrogens is 2. The minimum absolute atomic E-state index is 0.146. The number of hydrogen-bond donors (Lipinski definition) is 0. The zero-order chi connectivity index (χ0) is 14.4. The van der Waals surface area contributed by atoms with Gasteiger partial charge in [0.1, 0.15) is 5.82 Å². The van der Waals surface area contributed by atoms with Crippen molar-refractivity contribution in [3.63, 3.8) is 0 Å². The Morgan fingerprint density at radius 2 is 2.05 bits per heavy atom. The normalized spacial score (nSPS) is 23.5. The average Bonchev–Trinajstić information content (AvgIpc) is 2.98. The van der Waals surface area contributed by atoms with E-state index in [1.54, 1.807) is 29.0 Å².